The van der Waals surface area contributed by atoms with Gasteiger partial charge in [-0.3, -0.25) is 0 Å². The molecule has 0 saturated heterocycles. The summed E-state index contributed by atoms with van der Waals surface area (Å²) in [6.45, 7) is 0. The minimum absolute atomic E-state index is 1.29. The van der Waals surface area contributed by atoms with E-state index < -0.39 is 0 Å². The predicted molar refractivity (Wildman–Crippen MR) is 94.3 cm³/mol. The average molecular weight is 294 g/mol. The van der Waals surface area contributed by atoms with E-state index in [1.54, 1.807) is 0 Å². The van der Waals surface area contributed by atoms with E-state index >= 15 is 0 Å². The molecule has 3 aromatic rings. The minimum Gasteiger partial charge on any atom is -0.193 e. The molecule has 1 aliphatic heterocycles. The lowest BCUT2D eigenvalue weighted by Gasteiger charge is -2.04. The first-order chi connectivity index (χ1) is 11.4. The first-order valence-electron chi connectivity index (χ1n) is 7.96. The van der Waals surface area contributed by atoms with Crippen LogP contribution in [0.3, 0.4) is 0 Å². The monoisotopic (exact) mass is 294 g/mol. The molecule has 1 nitrogen and oxygen atoms in total. The van der Waals surface area contributed by atoms with E-state index in [4.69, 9.17) is 0 Å². The van der Waals surface area contributed by atoms with Crippen LogP contribution in [0.5, 0.6) is 0 Å². The number of nitrogens with zero attached hydrogens (tertiary/aromatic N) is 1. The van der Waals surface area contributed by atoms with E-state index in [9.17, 15) is 0 Å². The molecular formula is C22H16N+. The molecule has 0 bridgehead atoms. The van der Waals surface area contributed by atoms with E-state index in [1.165, 1.54) is 43.4 Å². The van der Waals surface area contributed by atoms with Gasteiger partial charge in [-0.15, -0.1) is 0 Å². The molecule has 0 spiro atoms. The van der Waals surface area contributed by atoms with Crippen LogP contribution >= 0.6 is 0 Å². The molecule has 23 heavy (non-hydrogen) atoms. The molecule has 0 atom stereocenters. The summed E-state index contributed by atoms with van der Waals surface area (Å²) in [6, 6.07) is 28.2. The maximum Gasteiger partial charge on any atom is 0.222 e. The zero-order valence-corrected chi connectivity index (χ0v) is 13.0. The highest BCUT2D eigenvalue weighted by atomic mass is 15.0. The van der Waals surface area contributed by atoms with Gasteiger partial charge >= 0.3 is 0 Å². The Hall–Kier alpha value is -2.93. The Labute approximate surface area is 134 Å². The maximum atomic E-state index is 2.33. The van der Waals surface area contributed by atoms with Gasteiger partial charge in [0.25, 0.3) is 0 Å². The van der Waals surface area contributed by atoms with E-state index in [1.807, 2.05) is 0 Å². The summed E-state index contributed by atoms with van der Waals surface area (Å²) in [5.41, 5.74) is 5.35. The van der Waals surface area contributed by atoms with E-state index in [2.05, 4.69) is 90.5 Å². The summed E-state index contributed by atoms with van der Waals surface area (Å²) in [5, 5.41) is 5.30. The van der Waals surface area contributed by atoms with Gasteiger partial charge in [-0.1, -0.05) is 60.7 Å². The molecular weight excluding hydrogens is 278 g/mol. The van der Waals surface area contributed by atoms with Crippen LogP contribution in [-0.4, -0.2) is 7.05 Å². The lowest BCUT2D eigenvalue weighted by atomic mass is 9.97. The number of rotatable bonds is 1. The summed E-state index contributed by atoms with van der Waals surface area (Å²) >= 11 is 0. The average Bonchev–Trinajstić information content (AvgIpc) is 3.10. The van der Waals surface area contributed by atoms with Crippen molar-refractivity contribution in [2.45, 2.75) is 0 Å². The Balaban J connectivity index is 2.07. The third-order valence-corrected chi connectivity index (χ3v) is 4.87. The summed E-state index contributed by atoms with van der Waals surface area (Å²) in [6.07, 6.45) is 0. The molecule has 0 radical (unpaired) electrons. The minimum atomic E-state index is 1.29. The topological polar surface area (TPSA) is 3.01 Å². The predicted octanol–water partition coefficient (Wildman–Crippen LogP) is 0.993. The van der Waals surface area contributed by atoms with Gasteiger partial charge in [0.05, 0.1) is 16.0 Å². The summed E-state index contributed by atoms with van der Waals surface area (Å²) in [4.78, 5) is 0. The molecule has 0 unspecified atom stereocenters. The van der Waals surface area contributed by atoms with Crippen molar-refractivity contribution in [2.75, 3.05) is 7.05 Å². The molecule has 2 aliphatic rings. The van der Waals surface area contributed by atoms with Gasteiger partial charge < -0.3 is 0 Å². The van der Waals surface area contributed by atoms with Gasteiger partial charge in [0.2, 0.25) is 11.1 Å². The Morgan fingerprint density at radius 1 is 0.565 bits per heavy atom. The highest BCUT2D eigenvalue weighted by Gasteiger charge is 2.33. The number of fused-ring (bicyclic) bond motifs is 3. The van der Waals surface area contributed by atoms with Crippen molar-refractivity contribution in [1.29, 1.82) is 0 Å². The molecule has 3 aromatic carbocycles. The van der Waals surface area contributed by atoms with Crippen molar-refractivity contribution in [3.8, 4) is 0 Å². The zero-order valence-electron chi connectivity index (χ0n) is 13.0. The highest BCUT2D eigenvalue weighted by molar-refractivity contribution is 6.17. The number of para-hydroxylation sites is 1. The number of hydrogen-bond donors (Lipinski definition) is 0. The van der Waals surface area contributed by atoms with Crippen molar-refractivity contribution in [1.82, 2.24) is 4.58 Å². The fourth-order valence-corrected chi connectivity index (χ4v) is 3.91. The van der Waals surface area contributed by atoms with Gasteiger partial charge in [-0.05, 0) is 22.9 Å². The van der Waals surface area contributed by atoms with Crippen LogP contribution in [0.4, 0.5) is 0 Å². The molecule has 0 amide bonds. The molecule has 0 saturated carbocycles. The Morgan fingerprint density at radius 3 is 1.96 bits per heavy atom. The van der Waals surface area contributed by atoms with Gasteiger partial charge in [0, 0.05) is 11.6 Å². The number of hydrogen-bond acceptors (Lipinski definition) is 0. The zero-order chi connectivity index (χ0) is 15.4. The second-order valence-electron chi connectivity index (χ2n) is 6.09. The van der Waals surface area contributed by atoms with Crippen LogP contribution in [0.1, 0.15) is 5.56 Å². The van der Waals surface area contributed by atoms with Gasteiger partial charge in [0.1, 0.15) is 7.05 Å². The van der Waals surface area contributed by atoms with Gasteiger partial charge in [0.15, 0.2) is 0 Å². The smallest absolute Gasteiger partial charge is 0.193 e. The van der Waals surface area contributed by atoms with Gasteiger partial charge in [-0.2, -0.15) is 4.58 Å². The van der Waals surface area contributed by atoms with Crippen LogP contribution in [0.2, 0.25) is 0 Å². The largest absolute Gasteiger partial charge is 0.222 e. The Bertz CT molecular complexity index is 1200. The van der Waals surface area contributed by atoms with E-state index in [0.29, 0.717) is 0 Å². The van der Waals surface area contributed by atoms with E-state index in [0.717, 1.165) is 0 Å². The third kappa shape index (κ3) is 1.59. The van der Waals surface area contributed by atoms with Crippen LogP contribution in [-0.2, 0) is 0 Å². The molecule has 0 fully saturated rings. The highest BCUT2D eigenvalue weighted by Crippen LogP contribution is 2.29. The van der Waals surface area contributed by atoms with Crippen LogP contribution in [0.15, 0.2) is 78.9 Å². The van der Waals surface area contributed by atoms with Crippen LogP contribution in [0, 0.1) is 0 Å². The summed E-state index contributed by atoms with van der Waals surface area (Å²) in [5.74, 6) is 0. The Kier molecular flexibility index (Phi) is 2.48. The van der Waals surface area contributed by atoms with Crippen molar-refractivity contribution in [3.63, 3.8) is 0 Å². The normalized spacial score (nSPS) is 14.8. The molecule has 5 rings (SSSR count). The lowest BCUT2D eigenvalue weighted by molar-refractivity contribution is 0.923. The van der Waals surface area contributed by atoms with Crippen molar-refractivity contribution in [3.05, 3.63) is 105 Å². The van der Waals surface area contributed by atoms with Gasteiger partial charge in [-0.25, -0.2) is 0 Å². The molecule has 1 heterocycles. The first kappa shape index (κ1) is 12.6. The van der Waals surface area contributed by atoms with Crippen molar-refractivity contribution < 1.29 is 0 Å². The standard InChI is InChI=1S/C22H16N/c1-23-19-14-8-7-13-18(19)21-20(15-9-3-2-4-10-15)16-11-5-6-12-17(16)22(21)23/h2-14H,1H3/q+1. The van der Waals surface area contributed by atoms with Crippen LogP contribution < -0.4 is 25.6 Å². The first-order valence-corrected chi connectivity index (χ1v) is 7.96. The van der Waals surface area contributed by atoms with E-state index in [-0.39, 0.29) is 0 Å². The maximum absolute atomic E-state index is 2.33. The fourth-order valence-electron chi connectivity index (χ4n) is 3.91. The third-order valence-electron chi connectivity index (χ3n) is 4.87. The SMILES string of the molecule is C[N+]1=c2ccccc2=C2C(c3ccccc3)=c3ccccc3=C21. The quantitative estimate of drug-likeness (QED) is 0.589. The molecule has 1 heteroatoms. The van der Waals surface area contributed by atoms with Crippen molar-refractivity contribution in [2.24, 2.45) is 0 Å². The molecule has 0 N–H and O–H groups in total. The summed E-state index contributed by atoms with van der Waals surface area (Å²) in [7, 11) is 2.17. The second kappa shape index (κ2) is 4.53. The molecule has 0 aromatic heterocycles. The molecule has 1 aliphatic carbocycles. The Morgan fingerprint density at radius 2 is 1.17 bits per heavy atom. The lowest BCUT2D eigenvalue weighted by Crippen LogP contribution is -2.34. The summed E-state index contributed by atoms with van der Waals surface area (Å²) < 4.78 is 2.33. The second-order valence-corrected chi connectivity index (χ2v) is 6.09. The molecule has 108 valence electrons. The fraction of sp³-hybridized carbons (Fsp3) is 0.0455. The number of benzene rings is 3. The van der Waals surface area contributed by atoms with Crippen LogP contribution in [0.25, 0.3) is 16.8 Å². The van der Waals surface area contributed by atoms with Crippen molar-refractivity contribution >= 4 is 16.8 Å².